The minimum atomic E-state index is -0.129. The molecule has 104 valence electrons. The summed E-state index contributed by atoms with van der Waals surface area (Å²) in [5.74, 6) is 0.596. The van der Waals surface area contributed by atoms with Crippen LogP contribution in [0.1, 0.15) is 23.7 Å². The molecule has 0 aliphatic carbocycles. The molecule has 1 amide bonds. The van der Waals surface area contributed by atoms with Crippen molar-refractivity contribution in [1.29, 1.82) is 0 Å². The van der Waals surface area contributed by atoms with Crippen molar-refractivity contribution in [3.05, 3.63) is 57.7 Å². The Morgan fingerprint density at radius 3 is 2.75 bits per heavy atom. The number of hydrogen-bond acceptors (Lipinski definition) is 2. The van der Waals surface area contributed by atoms with Crippen molar-refractivity contribution in [2.24, 2.45) is 0 Å². The van der Waals surface area contributed by atoms with Gasteiger partial charge in [0, 0.05) is 9.13 Å². The van der Waals surface area contributed by atoms with Crippen molar-refractivity contribution in [2.45, 2.75) is 13.3 Å². The van der Waals surface area contributed by atoms with E-state index in [1.54, 1.807) is 12.1 Å². The van der Waals surface area contributed by atoms with Gasteiger partial charge in [-0.3, -0.25) is 4.79 Å². The smallest absolute Gasteiger partial charge is 0.255 e. The van der Waals surface area contributed by atoms with Gasteiger partial charge in [-0.1, -0.05) is 25.1 Å². The molecular formula is C16H16INO2. The van der Waals surface area contributed by atoms with Crippen LogP contribution in [-0.4, -0.2) is 12.5 Å². The van der Waals surface area contributed by atoms with E-state index < -0.39 is 0 Å². The third-order valence-electron chi connectivity index (χ3n) is 2.69. The van der Waals surface area contributed by atoms with E-state index in [2.05, 4.69) is 27.9 Å². The normalized spacial score (nSPS) is 10.1. The number of ether oxygens (including phenoxy) is 1. The first-order chi connectivity index (χ1) is 9.70. The Hall–Kier alpha value is -1.56. The number of amides is 1. The Balaban J connectivity index is 2.11. The summed E-state index contributed by atoms with van der Waals surface area (Å²) in [5, 5.41) is 2.91. The molecule has 0 unspecified atom stereocenters. The summed E-state index contributed by atoms with van der Waals surface area (Å²) in [4.78, 5) is 12.2. The highest BCUT2D eigenvalue weighted by Crippen LogP contribution is 2.19. The first kappa shape index (κ1) is 14.8. The molecule has 2 aromatic rings. The van der Waals surface area contributed by atoms with E-state index in [1.807, 2.05) is 43.3 Å². The molecule has 0 bridgehead atoms. The highest BCUT2D eigenvalue weighted by Gasteiger charge is 2.08. The topological polar surface area (TPSA) is 38.3 Å². The van der Waals surface area contributed by atoms with Gasteiger partial charge in [-0.2, -0.15) is 0 Å². The van der Waals surface area contributed by atoms with Crippen molar-refractivity contribution >= 4 is 34.2 Å². The number of carbonyl (C=O) groups excluding carboxylic acids is 1. The Labute approximate surface area is 132 Å². The van der Waals surface area contributed by atoms with Gasteiger partial charge in [-0.05, 0) is 59.3 Å². The number of benzene rings is 2. The molecule has 0 heterocycles. The lowest BCUT2D eigenvalue weighted by Crippen LogP contribution is -2.12. The monoisotopic (exact) mass is 381 g/mol. The number of carbonyl (C=O) groups is 1. The molecule has 0 atom stereocenters. The lowest BCUT2D eigenvalue weighted by molar-refractivity contribution is 0.102. The van der Waals surface area contributed by atoms with E-state index in [0.717, 1.165) is 21.4 Å². The molecule has 20 heavy (non-hydrogen) atoms. The van der Waals surface area contributed by atoms with Crippen LogP contribution in [0.5, 0.6) is 5.75 Å². The Kier molecular flexibility index (Phi) is 5.40. The molecular weight excluding hydrogens is 365 g/mol. The molecule has 0 aliphatic rings. The summed E-state index contributed by atoms with van der Waals surface area (Å²) >= 11 is 2.20. The first-order valence-electron chi connectivity index (χ1n) is 6.49. The molecule has 2 rings (SSSR count). The molecule has 0 fully saturated rings. The van der Waals surface area contributed by atoms with E-state index >= 15 is 0 Å². The van der Waals surface area contributed by atoms with E-state index in [9.17, 15) is 4.79 Å². The van der Waals surface area contributed by atoms with Gasteiger partial charge in [0.1, 0.15) is 5.75 Å². The van der Waals surface area contributed by atoms with Crippen molar-refractivity contribution in [2.75, 3.05) is 11.9 Å². The molecule has 3 nitrogen and oxygen atoms in total. The van der Waals surface area contributed by atoms with Crippen LogP contribution < -0.4 is 10.1 Å². The maximum Gasteiger partial charge on any atom is 0.255 e. The SMILES string of the molecule is CCCOc1cccc(C(=O)Nc2ccccc2I)c1. The second-order valence-corrected chi connectivity index (χ2v) is 5.47. The van der Waals surface area contributed by atoms with E-state index in [1.165, 1.54) is 0 Å². The van der Waals surface area contributed by atoms with Crippen LogP contribution in [0, 0.1) is 3.57 Å². The molecule has 0 aromatic heterocycles. The van der Waals surface area contributed by atoms with Crippen LogP contribution >= 0.6 is 22.6 Å². The van der Waals surface area contributed by atoms with Gasteiger partial charge < -0.3 is 10.1 Å². The average molecular weight is 381 g/mol. The van der Waals surface area contributed by atoms with Crippen molar-refractivity contribution in [1.82, 2.24) is 0 Å². The van der Waals surface area contributed by atoms with Crippen LogP contribution in [0.4, 0.5) is 5.69 Å². The zero-order chi connectivity index (χ0) is 14.4. The largest absolute Gasteiger partial charge is 0.494 e. The highest BCUT2D eigenvalue weighted by atomic mass is 127. The van der Waals surface area contributed by atoms with E-state index in [-0.39, 0.29) is 5.91 Å². The van der Waals surface area contributed by atoms with Crippen LogP contribution in [0.2, 0.25) is 0 Å². The minimum absolute atomic E-state index is 0.129. The number of para-hydroxylation sites is 1. The quantitative estimate of drug-likeness (QED) is 0.783. The molecule has 4 heteroatoms. The second-order valence-electron chi connectivity index (χ2n) is 4.31. The van der Waals surface area contributed by atoms with Crippen molar-refractivity contribution in [3.63, 3.8) is 0 Å². The average Bonchev–Trinajstić information content (AvgIpc) is 2.48. The zero-order valence-electron chi connectivity index (χ0n) is 11.2. The van der Waals surface area contributed by atoms with Crippen LogP contribution in [0.3, 0.4) is 0 Å². The first-order valence-corrected chi connectivity index (χ1v) is 7.57. The van der Waals surface area contributed by atoms with Crippen LogP contribution in [0.25, 0.3) is 0 Å². The number of halogens is 1. The zero-order valence-corrected chi connectivity index (χ0v) is 13.4. The van der Waals surface area contributed by atoms with E-state index in [0.29, 0.717) is 12.2 Å². The standard InChI is InChI=1S/C16H16INO2/c1-2-10-20-13-7-5-6-12(11-13)16(19)18-15-9-4-3-8-14(15)17/h3-9,11H,2,10H2,1H3,(H,18,19). The van der Waals surface area contributed by atoms with Crippen LogP contribution in [-0.2, 0) is 0 Å². The maximum atomic E-state index is 12.2. The molecule has 0 aliphatic heterocycles. The number of nitrogens with one attached hydrogen (secondary N) is 1. The maximum absolute atomic E-state index is 12.2. The lowest BCUT2D eigenvalue weighted by atomic mass is 10.2. The molecule has 0 saturated heterocycles. The number of hydrogen-bond donors (Lipinski definition) is 1. The summed E-state index contributed by atoms with van der Waals surface area (Å²) in [6.07, 6.45) is 0.943. The molecule has 2 aromatic carbocycles. The fourth-order valence-electron chi connectivity index (χ4n) is 1.70. The summed E-state index contributed by atoms with van der Waals surface area (Å²) in [5.41, 5.74) is 1.41. The van der Waals surface area contributed by atoms with Gasteiger partial charge in [-0.25, -0.2) is 0 Å². The lowest BCUT2D eigenvalue weighted by Gasteiger charge is -2.09. The fourth-order valence-corrected chi connectivity index (χ4v) is 2.23. The molecule has 1 N–H and O–H groups in total. The Morgan fingerprint density at radius 1 is 1.20 bits per heavy atom. The van der Waals surface area contributed by atoms with Gasteiger partial charge in [0.2, 0.25) is 0 Å². The second kappa shape index (κ2) is 7.28. The Morgan fingerprint density at radius 2 is 2.00 bits per heavy atom. The molecule has 0 spiro atoms. The highest BCUT2D eigenvalue weighted by molar-refractivity contribution is 14.1. The number of anilines is 1. The summed E-state index contributed by atoms with van der Waals surface area (Å²) in [6, 6.07) is 14.9. The van der Waals surface area contributed by atoms with Gasteiger partial charge in [-0.15, -0.1) is 0 Å². The van der Waals surface area contributed by atoms with E-state index in [4.69, 9.17) is 4.74 Å². The van der Waals surface area contributed by atoms with Crippen molar-refractivity contribution in [3.8, 4) is 5.75 Å². The predicted molar refractivity (Wildman–Crippen MR) is 89.3 cm³/mol. The molecule has 0 radical (unpaired) electrons. The van der Waals surface area contributed by atoms with Gasteiger partial charge >= 0.3 is 0 Å². The Bertz CT molecular complexity index is 599. The summed E-state index contributed by atoms with van der Waals surface area (Å²) in [6.45, 7) is 2.70. The third-order valence-corrected chi connectivity index (χ3v) is 3.63. The summed E-state index contributed by atoms with van der Waals surface area (Å²) < 4.78 is 6.55. The van der Waals surface area contributed by atoms with Gasteiger partial charge in [0.15, 0.2) is 0 Å². The summed E-state index contributed by atoms with van der Waals surface area (Å²) in [7, 11) is 0. The van der Waals surface area contributed by atoms with Gasteiger partial charge in [0.05, 0.1) is 12.3 Å². The molecule has 0 saturated carbocycles. The third kappa shape index (κ3) is 3.96. The minimum Gasteiger partial charge on any atom is -0.494 e. The van der Waals surface area contributed by atoms with Crippen LogP contribution in [0.15, 0.2) is 48.5 Å². The van der Waals surface area contributed by atoms with Gasteiger partial charge in [0.25, 0.3) is 5.91 Å². The predicted octanol–water partition coefficient (Wildman–Crippen LogP) is 4.33. The van der Waals surface area contributed by atoms with Crippen molar-refractivity contribution < 1.29 is 9.53 Å². The number of rotatable bonds is 5. The fraction of sp³-hybridized carbons (Fsp3) is 0.188.